The van der Waals surface area contributed by atoms with Crippen molar-refractivity contribution < 1.29 is 28.5 Å². The third-order valence-corrected chi connectivity index (χ3v) is 6.28. The topological polar surface area (TPSA) is 73.2 Å². The standard InChI is InChI=1S/C28H30F2N2O4.ClH/c29-21-4-1-20(2-5-21)3-11-27(35)26-17-22(30)6-12-28(26)36-19-25(34)18-31-13-15-32(16-14-31)23-7-9-24(33)10-8-23;/h1-2,4-10,12,17,25,33-34H,3,11,13-16,18-19H2;1H. The van der Waals surface area contributed by atoms with Crippen LogP contribution in [-0.4, -0.2) is 66.3 Å². The molecule has 0 aromatic heterocycles. The summed E-state index contributed by atoms with van der Waals surface area (Å²) < 4.78 is 32.7. The first-order valence-corrected chi connectivity index (χ1v) is 12.0. The fourth-order valence-electron chi connectivity index (χ4n) is 4.28. The molecule has 0 saturated carbocycles. The highest BCUT2D eigenvalue weighted by molar-refractivity contribution is 5.98. The third-order valence-electron chi connectivity index (χ3n) is 6.28. The Hall–Kier alpha value is -3.20. The number of piperazine rings is 1. The van der Waals surface area contributed by atoms with Crippen LogP contribution < -0.4 is 9.64 Å². The molecule has 37 heavy (non-hydrogen) atoms. The molecule has 9 heteroatoms. The van der Waals surface area contributed by atoms with Crippen molar-refractivity contribution in [2.24, 2.45) is 0 Å². The van der Waals surface area contributed by atoms with Crippen LogP contribution in [0.5, 0.6) is 11.5 Å². The van der Waals surface area contributed by atoms with Gasteiger partial charge in [-0.1, -0.05) is 12.1 Å². The van der Waals surface area contributed by atoms with Crippen molar-refractivity contribution in [2.45, 2.75) is 18.9 Å². The molecule has 6 nitrogen and oxygen atoms in total. The lowest BCUT2D eigenvalue weighted by molar-refractivity contribution is 0.0655. The first-order valence-electron chi connectivity index (χ1n) is 12.0. The fraction of sp³-hybridized carbons (Fsp3) is 0.321. The molecule has 0 radical (unpaired) electrons. The Labute approximate surface area is 221 Å². The number of aliphatic hydroxyl groups is 1. The Morgan fingerprint density at radius 1 is 0.919 bits per heavy atom. The lowest BCUT2D eigenvalue weighted by Crippen LogP contribution is -2.49. The maximum absolute atomic E-state index is 13.9. The third kappa shape index (κ3) is 8.15. The van der Waals surface area contributed by atoms with E-state index in [1.54, 1.807) is 24.3 Å². The Kier molecular flexibility index (Phi) is 10.3. The molecule has 0 amide bonds. The zero-order valence-corrected chi connectivity index (χ0v) is 21.2. The number of Topliss-reactive ketones (excluding diaryl/α,β-unsaturated/α-hetero) is 1. The first-order chi connectivity index (χ1) is 17.4. The minimum Gasteiger partial charge on any atom is -0.508 e. The second kappa shape index (κ2) is 13.4. The van der Waals surface area contributed by atoms with Crippen molar-refractivity contribution in [1.29, 1.82) is 0 Å². The van der Waals surface area contributed by atoms with Crippen molar-refractivity contribution in [3.63, 3.8) is 0 Å². The minimum atomic E-state index is -0.780. The van der Waals surface area contributed by atoms with Crippen LogP contribution in [0.1, 0.15) is 22.3 Å². The average Bonchev–Trinajstić information content (AvgIpc) is 2.88. The molecule has 1 fully saturated rings. The van der Waals surface area contributed by atoms with Gasteiger partial charge in [0.25, 0.3) is 0 Å². The molecule has 198 valence electrons. The number of carbonyl (C=O) groups is 1. The van der Waals surface area contributed by atoms with E-state index in [1.807, 2.05) is 12.1 Å². The van der Waals surface area contributed by atoms with Crippen LogP contribution in [0.15, 0.2) is 66.7 Å². The number of rotatable bonds is 10. The highest BCUT2D eigenvalue weighted by Crippen LogP contribution is 2.23. The van der Waals surface area contributed by atoms with Gasteiger partial charge in [-0.2, -0.15) is 0 Å². The van der Waals surface area contributed by atoms with Gasteiger partial charge in [-0.25, -0.2) is 8.78 Å². The predicted octanol–water partition coefficient (Wildman–Crippen LogP) is 4.47. The zero-order chi connectivity index (χ0) is 25.5. The van der Waals surface area contributed by atoms with Gasteiger partial charge in [0.1, 0.15) is 35.8 Å². The van der Waals surface area contributed by atoms with E-state index in [0.717, 1.165) is 43.5 Å². The van der Waals surface area contributed by atoms with E-state index < -0.39 is 11.9 Å². The number of aromatic hydroxyl groups is 1. The largest absolute Gasteiger partial charge is 0.508 e. The van der Waals surface area contributed by atoms with Crippen LogP contribution >= 0.6 is 12.4 Å². The molecule has 1 heterocycles. The Bertz CT molecular complexity index is 1150. The summed E-state index contributed by atoms with van der Waals surface area (Å²) in [6, 6.07) is 16.8. The number of benzene rings is 3. The number of halogens is 3. The van der Waals surface area contributed by atoms with E-state index in [9.17, 15) is 23.8 Å². The van der Waals surface area contributed by atoms with Gasteiger partial charge >= 0.3 is 0 Å². The van der Waals surface area contributed by atoms with Crippen LogP contribution in [0.25, 0.3) is 0 Å². The van der Waals surface area contributed by atoms with E-state index in [2.05, 4.69) is 9.80 Å². The van der Waals surface area contributed by atoms with Gasteiger partial charge < -0.3 is 19.8 Å². The van der Waals surface area contributed by atoms with Crippen molar-refractivity contribution in [1.82, 2.24) is 4.90 Å². The molecule has 1 saturated heterocycles. The van der Waals surface area contributed by atoms with Gasteiger partial charge in [-0.3, -0.25) is 9.69 Å². The average molecular weight is 533 g/mol. The summed E-state index contributed by atoms with van der Waals surface area (Å²) in [6.07, 6.45) is -0.259. The van der Waals surface area contributed by atoms with E-state index in [0.29, 0.717) is 13.0 Å². The molecule has 0 bridgehead atoms. The molecule has 4 rings (SSSR count). The molecule has 1 atom stereocenters. The molecule has 1 aliphatic rings. The minimum absolute atomic E-state index is 0. The summed E-state index contributed by atoms with van der Waals surface area (Å²) in [4.78, 5) is 17.1. The number of hydrogen-bond acceptors (Lipinski definition) is 6. The number of ether oxygens (including phenoxy) is 1. The van der Waals surface area contributed by atoms with Gasteiger partial charge in [0.05, 0.1) is 5.56 Å². The molecular formula is C28H31ClF2N2O4. The molecule has 1 aliphatic heterocycles. The van der Waals surface area contributed by atoms with Crippen LogP contribution in [0.3, 0.4) is 0 Å². The second-order valence-corrected chi connectivity index (χ2v) is 8.96. The van der Waals surface area contributed by atoms with E-state index in [4.69, 9.17) is 4.74 Å². The molecule has 2 N–H and O–H groups in total. The Morgan fingerprint density at radius 3 is 2.24 bits per heavy atom. The number of nitrogens with zero attached hydrogens (tertiary/aromatic N) is 2. The lowest BCUT2D eigenvalue weighted by Gasteiger charge is -2.36. The lowest BCUT2D eigenvalue weighted by atomic mass is 10.0. The number of aliphatic hydroxyl groups excluding tert-OH is 1. The van der Waals surface area contributed by atoms with Crippen molar-refractivity contribution in [3.05, 3.63) is 89.5 Å². The van der Waals surface area contributed by atoms with Gasteiger partial charge in [0.15, 0.2) is 5.78 Å². The Morgan fingerprint density at radius 2 is 1.57 bits per heavy atom. The number of hydrogen-bond donors (Lipinski definition) is 2. The molecule has 0 aliphatic carbocycles. The number of anilines is 1. The highest BCUT2D eigenvalue weighted by atomic mass is 35.5. The number of β-amino-alcohol motifs (C(OH)–C–C–N with tert-alkyl or cyclic N) is 1. The van der Waals surface area contributed by atoms with Crippen LogP contribution in [0.2, 0.25) is 0 Å². The molecular weight excluding hydrogens is 502 g/mol. The predicted molar refractivity (Wildman–Crippen MR) is 141 cm³/mol. The van der Waals surface area contributed by atoms with E-state index in [-0.39, 0.29) is 54.1 Å². The summed E-state index contributed by atoms with van der Waals surface area (Å²) in [7, 11) is 0. The quantitative estimate of drug-likeness (QED) is 0.375. The van der Waals surface area contributed by atoms with Gasteiger partial charge in [0, 0.05) is 44.8 Å². The van der Waals surface area contributed by atoms with Gasteiger partial charge in [-0.15, -0.1) is 12.4 Å². The maximum Gasteiger partial charge on any atom is 0.167 e. The normalized spacial score (nSPS) is 14.6. The van der Waals surface area contributed by atoms with Crippen LogP contribution in [-0.2, 0) is 6.42 Å². The van der Waals surface area contributed by atoms with E-state index in [1.165, 1.54) is 24.3 Å². The molecule has 3 aromatic carbocycles. The second-order valence-electron chi connectivity index (χ2n) is 8.96. The SMILES string of the molecule is Cl.O=C(CCc1ccc(F)cc1)c1cc(F)ccc1OCC(O)CN1CCN(c2ccc(O)cc2)CC1. The van der Waals surface area contributed by atoms with Crippen LogP contribution in [0.4, 0.5) is 14.5 Å². The fourth-order valence-corrected chi connectivity index (χ4v) is 4.28. The first kappa shape index (κ1) is 28.4. The van der Waals surface area contributed by atoms with Crippen LogP contribution in [0, 0.1) is 11.6 Å². The number of aryl methyl sites for hydroxylation is 1. The summed E-state index contributed by atoms with van der Waals surface area (Å²) in [6.45, 7) is 3.51. The molecule has 1 unspecified atom stereocenters. The van der Waals surface area contributed by atoms with Crippen molar-refractivity contribution >= 4 is 23.9 Å². The van der Waals surface area contributed by atoms with Crippen molar-refractivity contribution in [3.8, 4) is 11.5 Å². The Balaban J connectivity index is 0.00000380. The molecule has 0 spiro atoms. The number of ketones is 1. The van der Waals surface area contributed by atoms with Gasteiger partial charge in [0.2, 0.25) is 0 Å². The summed E-state index contributed by atoms with van der Waals surface area (Å²) >= 11 is 0. The zero-order valence-electron chi connectivity index (χ0n) is 20.4. The summed E-state index contributed by atoms with van der Waals surface area (Å²) in [5, 5.41) is 20.0. The maximum atomic E-state index is 13.9. The summed E-state index contributed by atoms with van der Waals surface area (Å²) in [5.41, 5.74) is 1.99. The number of carbonyl (C=O) groups excluding carboxylic acids is 1. The number of phenolic OH excluding ortho intramolecular Hbond substituents is 1. The summed E-state index contributed by atoms with van der Waals surface area (Å²) in [5.74, 6) is -0.701. The van der Waals surface area contributed by atoms with Crippen molar-refractivity contribution in [2.75, 3.05) is 44.2 Å². The smallest absolute Gasteiger partial charge is 0.167 e. The van der Waals surface area contributed by atoms with Gasteiger partial charge in [-0.05, 0) is 66.6 Å². The molecule has 3 aromatic rings. The van der Waals surface area contributed by atoms with E-state index >= 15 is 0 Å². The monoisotopic (exact) mass is 532 g/mol. The highest BCUT2D eigenvalue weighted by Gasteiger charge is 2.21. The number of phenols is 1.